The molecule has 2 aromatic rings. The first-order chi connectivity index (χ1) is 10.4. The van der Waals surface area contributed by atoms with E-state index in [0.29, 0.717) is 5.69 Å². The van der Waals surface area contributed by atoms with Gasteiger partial charge in [0, 0.05) is 9.26 Å². The minimum absolute atomic E-state index is 0.453. The smallest absolute Gasteiger partial charge is 0.314 e. The molecule has 0 aliphatic heterocycles. The first-order valence-electron chi connectivity index (χ1n) is 6.21. The Morgan fingerprint density at radius 2 is 1.59 bits per heavy atom. The number of carbonyl (C=O) groups is 2. The third kappa shape index (κ3) is 3.79. The van der Waals surface area contributed by atoms with Crippen molar-refractivity contribution >= 4 is 45.8 Å². The maximum atomic E-state index is 13.4. The highest BCUT2D eigenvalue weighted by molar-refractivity contribution is 14.1. The SMILES string of the molecule is Cc1cc(I)ccc1NC(=O)C(=O)Nc1c(F)cccc1F. The fourth-order valence-electron chi connectivity index (χ4n) is 1.73. The van der Waals surface area contributed by atoms with E-state index in [1.807, 2.05) is 11.4 Å². The molecule has 0 atom stereocenters. The van der Waals surface area contributed by atoms with Crippen LogP contribution in [0.25, 0.3) is 0 Å². The maximum Gasteiger partial charge on any atom is 0.314 e. The van der Waals surface area contributed by atoms with Crippen LogP contribution < -0.4 is 10.6 Å². The van der Waals surface area contributed by atoms with Gasteiger partial charge in [-0.1, -0.05) is 6.07 Å². The molecule has 4 nitrogen and oxygen atoms in total. The molecule has 0 heterocycles. The van der Waals surface area contributed by atoms with E-state index in [4.69, 9.17) is 0 Å². The summed E-state index contributed by atoms with van der Waals surface area (Å²) in [6.07, 6.45) is 0. The summed E-state index contributed by atoms with van der Waals surface area (Å²) in [5, 5.41) is 4.32. The minimum atomic E-state index is -1.15. The lowest BCUT2D eigenvalue weighted by molar-refractivity contribution is -0.133. The van der Waals surface area contributed by atoms with Crippen LogP contribution in [-0.4, -0.2) is 11.8 Å². The van der Waals surface area contributed by atoms with Crippen molar-refractivity contribution in [2.45, 2.75) is 6.92 Å². The molecular weight excluding hydrogens is 405 g/mol. The van der Waals surface area contributed by atoms with Gasteiger partial charge in [-0.2, -0.15) is 0 Å². The van der Waals surface area contributed by atoms with Gasteiger partial charge in [0.15, 0.2) is 0 Å². The molecule has 0 fully saturated rings. The molecule has 0 aliphatic rings. The first-order valence-corrected chi connectivity index (χ1v) is 7.29. The van der Waals surface area contributed by atoms with E-state index >= 15 is 0 Å². The van der Waals surface area contributed by atoms with Crippen molar-refractivity contribution in [2.24, 2.45) is 0 Å². The van der Waals surface area contributed by atoms with Crippen LogP contribution in [0.15, 0.2) is 36.4 Å². The zero-order valence-electron chi connectivity index (χ0n) is 11.4. The molecule has 0 aliphatic carbocycles. The van der Waals surface area contributed by atoms with E-state index in [0.717, 1.165) is 27.3 Å². The summed E-state index contributed by atoms with van der Waals surface area (Å²) in [7, 11) is 0. The van der Waals surface area contributed by atoms with E-state index in [1.54, 1.807) is 19.1 Å². The summed E-state index contributed by atoms with van der Waals surface area (Å²) in [5.41, 5.74) is 0.571. The number of aryl methyl sites for hydroxylation is 1. The second-order valence-electron chi connectivity index (χ2n) is 4.46. The number of hydrogen-bond acceptors (Lipinski definition) is 2. The van der Waals surface area contributed by atoms with Gasteiger partial charge in [-0.3, -0.25) is 9.59 Å². The number of amides is 2. The average Bonchev–Trinajstić information content (AvgIpc) is 2.45. The van der Waals surface area contributed by atoms with E-state index in [1.165, 1.54) is 0 Å². The minimum Gasteiger partial charge on any atom is -0.318 e. The van der Waals surface area contributed by atoms with Crippen LogP contribution in [0.5, 0.6) is 0 Å². The van der Waals surface area contributed by atoms with E-state index in [-0.39, 0.29) is 0 Å². The fourth-order valence-corrected chi connectivity index (χ4v) is 2.38. The summed E-state index contributed by atoms with van der Waals surface area (Å²) in [5.74, 6) is -4.06. The quantitative estimate of drug-likeness (QED) is 0.582. The molecule has 0 saturated carbocycles. The molecule has 114 valence electrons. The highest BCUT2D eigenvalue weighted by Crippen LogP contribution is 2.19. The lowest BCUT2D eigenvalue weighted by atomic mass is 10.2. The van der Waals surface area contributed by atoms with Gasteiger partial charge in [-0.05, 0) is 65.4 Å². The summed E-state index contributed by atoms with van der Waals surface area (Å²) < 4.78 is 27.8. The van der Waals surface area contributed by atoms with Crippen molar-refractivity contribution in [3.05, 3.63) is 57.2 Å². The Hall–Kier alpha value is -2.03. The number of benzene rings is 2. The Kier molecular flexibility index (Phi) is 5.07. The number of para-hydroxylation sites is 1. The van der Waals surface area contributed by atoms with Crippen molar-refractivity contribution in [1.82, 2.24) is 0 Å². The molecule has 0 bridgehead atoms. The molecule has 0 radical (unpaired) electrons. The van der Waals surface area contributed by atoms with Crippen LogP contribution in [0, 0.1) is 22.1 Å². The monoisotopic (exact) mass is 416 g/mol. The van der Waals surface area contributed by atoms with Gasteiger partial charge in [0.1, 0.15) is 17.3 Å². The zero-order valence-corrected chi connectivity index (χ0v) is 13.6. The summed E-state index contributed by atoms with van der Waals surface area (Å²) in [4.78, 5) is 23.5. The number of rotatable bonds is 2. The normalized spacial score (nSPS) is 10.2. The van der Waals surface area contributed by atoms with Gasteiger partial charge in [0.2, 0.25) is 0 Å². The predicted octanol–water partition coefficient (Wildman–Crippen LogP) is 3.46. The van der Waals surface area contributed by atoms with E-state index in [2.05, 4.69) is 27.9 Å². The fraction of sp³-hybridized carbons (Fsp3) is 0.0667. The van der Waals surface area contributed by atoms with Gasteiger partial charge in [0.05, 0.1) is 0 Å². The third-order valence-corrected chi connectivity index (χ3v) is 3.52. The molecular formula is C15H11F2IN2O2. The van der Waals surface area contributed by atoms with Crippen LogP contribution in [0.4, 0.5) is 20.2 Å². The van der Waals surface area contributed by atoms with Crippen LogP contribution in [0.2, 0.25) is 0 Å². The number of anilines is 2. The van der Waals surface area contributed by atoms with Crippen molar-refractivity contribution in [3.8, 4) is 0 Å². The van der Waals surface area contributed by atoms with Crippen LogP contribution >= 0.6 is 22.6 Å². The van der Waals surface area contributed by atoms with Crippen molar-refractivity contribution in [3.63, 3.8) is 0 Å². The van der Waals surface area contributed by atoms with Gasteiger partial charge < -0.3 is 10.6 Å². The Morgan fingerprint density at radius 3 is 2.18 bits per heavy atom. The Morgan fingerprint density at radius 1 is 1.00 bits per heavy atom. The van der Waals surface area contributed by atoms with Crippen molar-refractivity contribution in [1.29, 1.82) is 0 Å². The van der Waals surface area contributed by atoms with Crippen LogP contribution in [0.3, 0.4) is 0 Å². The molecule has 0 unspecified atom stereocenters. The summed E-state index contributed by atoms with van der Waals surface area (Å²) in [6.45, 7) is 1.77. The van der Waals surface area contributed by atoms with E-state index < -0.39 is 29.1 Å². The van der Waals surface area contributed by atoms with Gasteiger partial charge >= 0.3 is 11.8 Å². The first kappa shape index (κ1) is 16.3. The lowest BCUT2D eigenvalue weighted by Crippen LogP contribution is -2.30. The molecule has 2 aromatic carbocycles. The number of halogens is 3. The van der Waals surface area contributed by atoms with E-state index in [9.17, 15) is 18.4 Å². The van der Waals surface area contributed by atoms with Crippen LogP contribution in [-0.2, 0) is 9.59 Å². The Labute approximate surface area is 139 Å². The lowest BCUT2D eigenvalue weighted by Gasteiger charge is -2.10. The average molecular weight is 416 g/mol. The maximum absolute atomic E-state index is 13.4. The highest BCUT2D eigenvalue weighted by Gasteiger charge is 2.18. The van der Waals surface area contributed by atoms with Gasteiger partial charge in [-0.15, -0.1) is 0 Å². The molecule has 7 heteroatoms. The summed E-state index contributed by atoms with van der Waals surface area (Å²) >= 11 is 2.12. The molecule has 2 N–H and O–H groups in total. The summed E-state index contributed by atoms with van der Waals surface area (Å²) in [6, 6.07) is 8.36. The number of nitrogens with one attached hydrogen (secondary N) is 2. The Balaban J connectivity index is 2.11. The number of carbonyl (C=O) groups excluding carboxylic acids is 2. The van der Waals surface area contributed by atoms with Crippen molar-refractivity contribution < 1.29 is 18.4 Å². The molecule has 2 amide bonds. The highest BCUT2D eigenvalue weighted by atomic mass is 127. The molecule has 2 rings (SSSR count). The molecule has 0 aromatic heterocycles. The zero-order chi connectivity index (χ0) is 16.3. The topological polar surface area (TPSA) is 58.2 Å². The largest absolute Gasteiger partial charge is 0.318 e. The molecule has 0 saturated heterocycles. The van der Waals surface area contributed by atoms with Crippen LogP contribution in [0.1, 0.15) is 5.56 Å². The third-order valence-electron chi connectivity index (χ3n) is 2.84. The van der Waals surface area contributed by atoms with Crippen molar-refractivity contribution in [2.75, 3.05) is 10.6 Å². The second kappa shape index (κ2) is 6.82. The standard InChI is InChI=1S/C15H11F2IN2O2/c1-8-7-9(18)5-6-12(8)19-14(21)15(22)20-13-10(16)3-2-4-11(13)17/h2-7H,1H3,(H,19,21)(H,20,22). The second-order valence-corrected chi connectivity index (χ2v) is 5.71. The van der Waals surface area contributed by atoms with Gasteiger partial charge in [0.25, 0.3) is 0 Å². The predicted molar refractivity (Wildman–Crippen MR) is 87.5 cm³/mol. The number of hydrogen-bond donors (Lipinski definition) is 2. The van der Waals surface area contributed by atoms with Gasteiger partial charge in [-0.25, -0.2) is 8.78 Å². The molecule has 0 spiro atoms. The molecule has 22 heavy (non-hydrogen) atoms. The Bertz CT molecular complexity index is 730.